The third-order valence-electron chi connectivity index (χ3n) is 3.43. The highest BCUT2D eigenvalue weighted by Gasteiger charge is 2.17. The maximum atomic E-state index is 12.1. The van der Waals surface area contributed by atoms with Gasteiger partial charge in [0.25, 0.3) is 0 Å². The number of aryl methyl sites for hydroxylation is 1. The number of hydrogen-bond acceptors (Lipinski definition) is 5. The minimum absolute atomic E-state index is 0.159. The van der Waals surface area contributed by atoms with E-state index in [1.54, 1.807) is 13.1 Å². The highest BCUT2D eigenvalue weighted by Crippen LogP contribution is 2.25. The minimum atomic E-state index is -0.682. The first kappa shape index (κ1) is 17.7. The Bertz CT molecular complexity index is 809. The summed E-state index contributed by atoms with van der Waals surface area (Å²) in [5.74, 6) is -0.786. The smallest absolute Gasteiger partial charge is 0.355 e. The Kier molecular flexibility index (Phi) is 5.41. The minimum Gasteiger partial charge on any atom is -0.495 e. The van der Waals surface area contributed by atoms with Crippen LogP contribution in [0.25, 0.3) is 0 Å². The van der Waals surface area contributed by atoms with E-state index >= 15 is 0 Å². The number of nitrogens with zero attached hydrogens (tertiary/aromatic N) is 1. The molecule has 0 saturated carbocycles. The number of esters is 1. The van der Waals surface area contributed by atoms with Gasteiger partial charge in [0.1, 0.15) is 11.4 Å². The zero-order chi connectivity index (χ0) is 17.9. The van der Waals surface area contributed by atoms with E-state index in [1.165, 1.54) is 43.0 Å². The van der Waals surface area contributed by atoms with Gasteiger partial charge in [-0.2, -0.15) is 0 Å². The molecular weight excluding hydrogens is 334 g/mol. The highest BCUT2D eigenvalue weighted by atomic mass is 35.5. The van der Waals surface area contributed by atoms with Gasteiger partial charge in [-0.15, -0.1) is 0 Å². The molecule has 0 amide bonds. The second-order valence-electron chi connectivity index (χ2n) is 5.13. The van der Waals surface area contributed by atoms with Crippen LogP contribution in [0.2, 0.25) is 5.02 Å². The molecule has 7 heteroatoms. The lowest BCUT2D eigenvalue weighted by Gasteiger charge is -2.07. The van der Waals surface area contributed by atoms with E-state index in [9.17, 15) is 14.4 Å². The van der Waals surface area contributed by atoms with E-state index in [0.717, 1.165) is 0 Å². The van der Waals surface area contributed by atoms with Gasteiger partial charge in [-0.05, 0) is 31.2 Å². The third-order valence-corrected chi connectivity index (χ3v) is 3.72. The Hall–Kier alpha value is -2.60. The van der Waals surface area contributed by atoms with Crippen LogP contribution in [0.5, 0.6) is 5.75 Å². The average Bonchev–Trinajstić information content (AvgIpc) is 2.94. The summed E-state index contributed by atoms with van der Waals surface area (Å²) in [5, 5.41) is 0.295. The Morgan fingerprint density at radius 3 is 2.42 bits per heavy atom. The van der Waals surface area contributed by atoms with Crippen molar-refractivity contribution in [3.63, 3.8) is 0 Å². The fourth-order valence-corrected chi connectivity index (χ4v) is 2.35. The third kappa shape index (κ3) is 3.83. The van der Waals surface area contributed by atoms with E-state index in [1.807, 2.05) is 0 Å². The van der Waals surface area contributed by atoms with Gasteiger partial charge in [-0.1, -0.05) is 11.6 Å². The fourth-order valence-electron chi connectivity index (χ4n) is 2.09. The van der Waals surface area contributed by atoms with Crippen molar-refractivity contribution in [2.45, 2.75) is 6.92 Å². The number of carbonyl (C=O) groups is 3. The zero-order valence-corrected chi connectivity index (χ0v) is 14.2. The lowest BCUT2D eigenvalue weighted by Crippen LogP contribution is -2.16. The number of benzene rings is 1. The molecule has 0 atom stereocenters. The number of hydrogen-bond donors (Lipinski definition) is 0. The summed E-state index contributed by atoms with van der Waals surface area (Å²) < 4.78 is 11.5. The lowest BCUT2D eigenvalue weighted by atomic mass is 10.1. The van der Waals surface area contributed by atoms with E-state index in [-0.39, 0.29) is 11.5 Å². The van der Waals surface area contributed by atoms with Crippen molar-refractivity contribution in [2.75, 3.05) is 13.7 Å². The molecule has 2 aromatic rings. The predicted octanol–water partition coefficient (Wildman–Crippen LogP) is 2.93. The molecule has 1 heterocycles. The number of aromatic nitrogens is 1. The number of halogens is 1. The normalized spacial score (nSPS) is 10.3. The quantitative estimate of drug-likeness (QED) is 0.592. The van der Waals surface area contributed by atoms with E-state index < -0.39 is 18.4 Å². The molecule has 0 aliphatic heterocycles. The van der Waals surface area contributed by atoms with Crippen molar-refractivity contribution in [2.24, 2.45) is 7.05 Å². The molecule has 24 heavy (non-hydrogen) atoms. The standard InChI is InChI=1S/C17H16ClNO5/c1-10(20)12-7-14(19(2)8-12)17(22)24-9-15(21)11-4-5-16(23-3)13(18)6-11/h4-8H,9H2,1-3H3. The Balaban J connectivity index is 2.05. The molecule has 126 valence electrons. The van der Waals surface area contributed by atoms with Crippen LogP contribution in [0, 0.1) is 0 Å². The first-order valence-corrected chi connectivity index (χ1v) is 7.42. The monoisotopic (exact) mass is 349 g/mol. The summed E-state index contributed by atoms with van der Waals surface area (Å²) in [6.45, 7) is 0.976. The van der Waals surface area contributed by atoms with Crippen LogP contribution >= 0.6 is 11.6 Å². The van der Waals surface area contributed by atoms with E-state index in [4.69, 9.17) is 21.1 Å². The number of ether oxygens (including phenoxy) is 2. The Morgan fingerprint density at radius 1 is 1.17 bits per heavy atom. The molecule has 0 aliphatic carbocycles. The van der Waals surface area contributed by atoms with Crippen LogP contribution in [-0.4, -0.2) is 35.8 Å². The van der Waals surface area contributed by atoms with Gasteiger partial charge in [0, 0.05) is 24.4 Å². The van der Waals surface area contributed by atoms with Gasteiger partial charge in [-0.3, -0.25) is 9.59 Å². The van der Waals surface area contributed by atoms with Gasteiger partial charge < -0.3 is 14.0 Å². The second kappa shape index (κ2) is 7.31. The van der Waals surface area contributed by atoms with Gasteiger partial charge in [0.05, 0.1) is 12.1 Å². The number of carbonyl (C=O) groups excluding carboxylic acids is 3. The number of methoxy groups -OCH3 is 1. The molecule has 0 fully saturated rings. The summed E-state index contributed by atoms with van der Waals surface area (Å²) in [7, 11) is 3.09. The van der Waals surface area contributed by atoms with Crippen molar-refractivity contribution in [3.05, 3.63) is 52.3 Å². The van der Waals surface area contributed by atoms with Crippen molar-refractivity contribution < 1.29 is 23.9 Å². The second-order valence-corrected chi connectivity index (χ2v) is 5.54. The number of rotatable bonds is 6. The Labute approximate surface area is 143 Å². The van der Waals surface area contributed by atoms with Crippen molar-refractivity contribution in [3.8, 4) is 5.75 Å². The molecule has 2 rings (SSSR count). The molecule has 0 saturated heterocycles. The van der Waals surface area contributed by atoms with Gasteiger partial charge in [0.2, 0.25) is 0 Å². The van der Waals surface area contributed by atoms with Crippen molar-refractivity contribution in [1.29, 1.82) is 0 Å². The summed E-state index contributed by atoms with van der Waals surface area (Å²) in [4.78, 5) is 35.5. The number of Topliss-reactive ketones (excluding diaryl/α,β-unsaturated/α-hetero) is 2. The molecule has 0 bridgehead atoms. The molecule has 0 spiro atoms. The summed E-state index contributed by atoms with van der Waals surface area (Å²) >= 11 is 5.97. The van der Waals surface area contributed by atoms with Crippen LogP contribution < -0.4 is 4.74 Å². The first-order valence-electron chi connectivity index (χ1n) is 7.04. The van der Waals surface area contributed by atoms with Crippen LogP contribution in [0.1, 0.15) is 38.1 Å². The molecule has 0 N–H and O–H groups in total. The molecule has 0 aliphatic rings. The zero-order valence-electron chi connectivity index (χ0n) is 13.5. The molecule has 1 aromatic heterocycles. The molecular formula is C17H16ClNO5. The summed E-state index contributed by atoms with van der Waals surface area (Å²) in [6, 6.07) is 5.98. The SMILES string of the molecule is COc1ccc(C(=O)COC(=O)c2cc(C(C)=O)cn2C)cc1Cl. The summed E-state index contributed by atoms with van der Waals surface area (Å²) in [5.41, 5.74) is 0.906. The molecule has 0 radical (unpaired) electrons. The maximum Gasteiger partial charge on any atom is 0.355 e. The largest absolute Gasteiger partial charge is 0.495 e. The highest BCUT2D eigenvalue weighted by molar-refractivity contribution is 6.32. The summed E-state index contributed by atoms with van der Waals surface area (Å²) in [6.07, 6.45) is 1.53. The molecule has 1 aromatic carbocycles. The van der Waals surface area contributed by atoms with E-state index in [2.05, 4.69) is 0 Å². The number of ketones is 2. The predicted molar refractivity (Wildman–Crippen MR) is 88.0 cm³/mol. The van der Waals surface area contributed by atoms with Gasteiger partial charge in [-0.25, -0.2) is 4.79 Å². The first-order chi connectivity index (χ1) is 11.3. The fraction of sp³-hybridized carbons (Fsp3) is 0.235. The molecule has 6 nitrogen and oxygen atoms in total. The topological polar surface area (TPSA) is 74.6 Å². The molecule has 0 unspecified atom stereocenters. The van der Waals surface area contributed by atoms with Crippen molar-refractivity contribution >= 4 is 29.1 Å². The lowest BCUT2D eigenvalue weighted by molar-refractivity contribution is 0.0465. The van der Waals surface area contributed by atoms with E-state index in [0.29, 0.717) is 21.9 Å². The maximum absolute atomic E-state index is 12.1. The average molecular weight is 350 g/mol. The van der Waals surface area contributed by atoms with Crippen LogP contribution in [0.4, 0.5) is 0 Å². The van der Waals surface area contributed by atoms with Gasteiger partial charge in [0.15, 0.2) is 18.2 Å². The van der Waals surface area contributed by atoms with Crippen LogP contribution in [0.3, 0.4) is 0 Å². The van der Waals surface area contributed by atoms with Crippen LogP contribution in [0.15, 0.2) is 30.5 Å². The van der Waals surface area contributed by atoms with Crippen LogP contribution in [-0.2, 0) is 11.8 Å². The van der Waals surface area contributed by atoms with Crippen molar-refractivity contribution in [1.82, 2.24) is 4.57 Å². The van der Waals surface area contributed by atoms with Gasteiger partial charge >= 0.3 is 5.97 Å². The Morgan fingerprint density at radius 2 is 1.88 bits per heavy atom.